The third-order valence-electron chi connectivity index (χ3n) is 4.39. The van der Waals surface area contributed by atoms with Gasteiger partial charge in [-0.15, -0.1) is 0 Å². The number of rotatable bonds is 7. The van der Waals surface area contributed by atoms with Crippen molar-refractivity contribution in [1.29, 1.82) is 0 Å². The summed E-state index contributed by atoms with van der Waals surface area (Å²) in [5.74, 6) is 0. The van der Waals surface area contributed by atoms with Gasteiger partial charge in [0.05, 0.1) is 0 Å². The summed E-state index contributed by atoms with van der Waals surface area (Å²) in [6.07, 6.45) is 18.0. The van der Waals surface area contributed by atoms with Gasteiger partial charge in [-0.2, -0.15) is 0 Å². The molecule has 1 N–H and O–H groups in total. The molecule has 0 fully saturated rings. The lowest BCUT2D eigenvalue weighted by Gasteiger charge is -2.23. The van der Waals surface area contributed by atoms with Crippen molar-refractivity contribution in [3.05, 3.63) is 41.7 Å². The highest BCUT2D eigenvalue weighted by Crippen LogP contribution is 2.22. The van der Waals surface area contributed by atoms with E-state index in [0.29, 0.717) is 6.04 Å². The Morgan fingerprint density at radius 1 is 1.14 bits per heavy atom. The molecular weight excluding hydrogens is 256 g/mol. The molecule has 1 aliphatic rings. The lowest BCUT2D eigenvalue weighted by atomic mass is 9.91. The lowest BCUT2D eigenvalue weighted by Crippen LogP contribution is -2.32. The van der Waals surface area contributed by atoms with E-state index in [1.807, 2.05) is 12.4 Å². The van der Waals surface area contributed by atoms with E-state index in [1.165, 1.54) is 56.9 Å². The number of aryl methyl sites for hydroxylation is 1. The number of allylic oxidation sites excluding steroid dienone is 1. The lowest BCUT2D eigenvalue weighted by molar-refractivity contribution is 0.500. The van der Waals surface area contributed by atoms with E-state index >= 15 is 0 Å². The minimum absolute atomic E-state index is 0.566. The third-order valence-corrected chi connectivity index (χ3v) is 4.39. The Balaban J connectivity index is 1.95. The molecule has 1 atom stereocenters. The minimum atomic E-state index is 0.566. The van der Waals surface area contributed by atoms with Crippen molar-refractivity contribution in [3.63, 3.8) is 0 Å². The van der Waals surface area contributed by atoms with Crippen molar-refractivity contribution < 1.29 is 0 Å². The van der Waals surface area contributed by atoms with Crippen molar-refractivity contribution in [2.45, 2.75) is 70.8 Å². The van der Waals surface area contributed by atoms with Crippen molar-refractivity contribution >= 4 is 0 Å². The first-order chi connectivity index (χ1) is 10.4. The van der Waals surface area contributed by atoms with Crippen LogP contribution in [0.2, 0.25) is 0 Å². The van der Waals surface area contributed by atoms with Crippen LogP contribution in [0.3, 0.4) is 0 Å². The largest absolute Gasteiger partial charge is 0.310 e. The molecule has 0 spiro atoms. The van der Waals surface area contributed by atoms with Crippen LogP contribution in [0.1, 0.15) is 63.9 Å². The van der Waals surface area contributed by atoms with Gasteiger partial charge in [0.1, 0.15) is 0 Å². The van der Waals surface area contributed by atoms with Gasteiger partial charge in [-0.25, -0.2) is 0 Å². The molecule has 2 nitrogen and oxygen atoms in total. The summed E-state index contributed by atoms with van der Waals surface area (Å²) in [4.78, 5) is 4.11. The Hall–Kier alpha value is -1.15. The summed E-state index contributed by atoms with van der Waals surface area (Å²) in [5.41, 5.74) is 3.07. The van der Waals surface area contributed by atoms with Crippen molar-refractivity contribution in [2.24, 2.45) is 0 Å². The second kappa shape index (κ2) is 9.73. The molecule has 0 saturated carbocycles. The molecular formula is C19H30N2. The number of pyridine rings is 1. The Morgan fingerprint density at radius 3 is 2.76 bits per heavy atom. The zero-order valence-electron chi connectivity index (χ0n) is 13.5. The predicted octanol–water partition coefficient (Wildman–Crippen LogP) is 4.66. The first-order valence-corrected chi connectivity index (χ1v) is 8.71. The van der Waals surface area contributed by atoms with Gasteiger partial charge in [-0.05, 0) is 69.2 Å². The third kappa shape index (κ3) is 6.01. The van der Waals surface area contributed by atoms with Gasteiger partial charge >= 0.3 is 0 Å². The molecule has 0 saturated heterocycles. The minimum Gasteiger partial charge on any atom is -0.310 e. The molecule has 1 unspecified atom stereocenters. The molecule has 2 heteroatoms. The van der Waals surface area contributed by atoms with Crippen molar-refractivity contribution in [2.75, 3.05) is 6.54 Å². The zero-order chi connectivity index (χ0) is 14.8. The number of aromatic nitrogens is 1. The van der Waals surface area contributed by atoms with E-state index in [0.717, 1.165) is 13.0 Å². The fraction of sp³-hybridized carbons (Fsp3) is 0.632. The second-order valence-corrected chi connectivity index (χ2v) is 6.13. The summed E-state index contributed by atoms with van der Waals surface area (Å²) in [6.45, 7) is 3.37. The van der Waals surface area contributed by atoms with Gasteiger partial charge in [-0.3, -0.25) is 4.98 Å². The Morgan fingerprint density at radius 2 is 1.95 bits per heavy atom. The molecule has 0 bridgehead atoms. The molecule has 0 radical (unpaired) electrons. The summed E-state index contributed by atoms with van der Waals surface area (Å²) < 4.78 is 0. The number of hydrogen-bond acceptors (Lipinski definition) is 2. The maximum Gasteiger partial charge on any atom is 0.0282 e. The predicted molar refractivity (Wildman–Crippen MR) is 90.4 cm³/mol. The fourth-order valence-corrected chi connectivity index (χ4v) is 3.13. The molecule has 0 aliphatic heterocycles. The topological polar surface area (TPSA) is 24.9 Å². The van der Waals surface area contributed by atoms with Crippen LogP contribution in [0, 0.1) is 0 Å². The second-order valence-electron chi connectivity index (χ2n) is 6.13. The maximum absolute atomic E-state index is 4.11. The SMILES string of the molecule is CCCNC(CCc1ccncc1)/C1=C/CCCCCC1. The standard InChI is InChI=1S/C19H30N2/c1-2-14-21-19(11-10-17-12-15-20-16-13-17)18-8-6-4-3-5-7-9-18/h8,12-13,15-16,19,21H,2-7,9-11,14H2,1H3/b18-8+. The molecule has 116 valence electrons. The zero-order valence-corrected chi connectivity index (χ0v) is 13.5. The Labute approximate surface area is 130 Å². The first kappa shape index (κ1) is 16.2. The quantitative estimate of drug-likeness (QED) is 0.737. The van der Waals surface area contributed by atoms with Crippen LogP contribution >= 0.6 is 0 Å². The van der Waals surface area contributed by atoms with E-state index in [9.17, 15) is 0 Å². The molecule has 1 aromatic rings. The molecule has 1 aliphatic carbocycles. The highest BCUT2D eigenvalue weighted by molar-refractivity contribution is 5.15. The average molecular weight is 286 g/mol. The van der Waals surface area contributed by atoms with Gasteiger partial charge in [0.25, 0.3) is 0 Å². The average Bonchev–Trinajstić information content (AvgIpc) is 2.49. The molecule has 0 aromatic carbocycles. The van der Waals surface area contributed by atoms with Gasteiger partial charge < -0.3 is 5.32 Å². The number of nitrogens with one attached hydrogen (secondary N) is 1. The van der Waals surface area contributed by atoms with E-state index in [2.05, 4.69) is 35.4 Å². The Bertz CT molecular complexity index is 411. The van der Waals surface area contributed by atoms with Gasteiger partial charge in [0.2, 0.25) is 0 Å². The molecule has 2 rings (SSSR count). The monoisotopic (exact) mass is 286 g/mol. The van der Waals surface area contributed by atoms with Crippen LogP contribution in [0.5, 0.6) is 0 Å². The smallest absolute Gasteiger partial charge is 0.0282 e. The highest BCUT2D eigenvalue weighted by Gasteiger charge is 2.14. The van der Waals surface area contributed by atoms with Crippen molar-refractivity contribution in [3.8, 4) is 0 Å². The maximum atomic E-state index is 4.11. The van der Waals surface area contributed by atoms with Crippen LogP contribution in [0.15, 0.2) is 36.2 Å². The summed E-state index contributed by atoms with van der Waals surface area (Å²) in [7, 11) is 0. The molecule has 0 amide bonds. The molecule has 1 aromatic heterocycles. The van der Waals surface area contributed by atoms with Gasteiger partial charge in [0.15, 0.2) is 0 Å². The number of hydrogen-bond donors (Lipinski definition) is 1. The van der Waals surface area contributed by atoms with Crippen LogP contribution in [-0.4, -0.2) is 17.6 Å². The number of nitrogens with zero attached hydrogens (tertiary/aromatic N) is 1. The van der Waals surface area contributed by atoms with Gasteiger partial charge in [-0.1, -0.05) is 31.4 Å². The van der Waals surface area contributed by atoms with E-state index in [4.69, 9.17) is 0 Å². The van der Waals surface area contributed by atoms with Gasteiger partial charge in [0, 0.05) is 18.4 Å². The summed E-state index contributed by atoms with van der Waals surface area (Å²) in [6, 6.07) is 4.85. The van der Waals surface area contributed by atoms with Crippen LogP contribution in [-0.2, 0) is 6.42 Å². The van der Waals surface area contributed by atoms with Crippen molar-refractivity contribution in [1.82, 2.24) is 10.3 Å². The van der Waals surface area contributed by atoms with Crippen LogP contribution in [0.25, 0.3) is 0 Å². The van der Waals surface area contributed by atoms with E-state index in [1.54, 1.807) is 5.57 Å². The molecule has 1 heterocycles. The van der Waals surface area contributed by atoms with Crippen LogP contribution < -0.4 is 5.32 Å². The first-order valence-electron chi connectivity index (χ1n) is 8.71. The van der Waals surface area contributed by atoms with E-state index < -0.39 is 0 Å². The summed E-state index contributed by atoms with van der Waals surface area (Å²) >= 11 is 0. The van der Waals surface area contributed by atoms with Crippen LogP contribution in [0.4, 0.5) is 0 Å². The summed E-state index contributed by atoms with van der Waals surface area (Å²) in [5, 5.41) is 3.77. The van der Waals surface area contributed by atoms with E-state index in [-0.39, 0.29) is 0 Å². The highest BCUT2D eigenvalue weighted by atomic mass is 14.9. The fourth-order valence-electron chi connectivity index (χ4n) is 3.13. The molecule has 21 heavy (non-hydrogen) atoms. The normalized spacial score (nSPS) is 20.1. The Kier molecular flexibility index (Phi) is 7.51.